The van der Waals surface area contributed by atoms with Gasteiger partial charge in [-0.15, -0.1) is 0 Å². The minimum absolute atomic E-state index is 0.0278. The number of rotatable bonds is 7. The number of para-hydroxylation sites is 2. The summed E-state index contributed by atoms with van der Waals surface area (Å²) in [5.74, 6) is -0.485. The fourth-order valence-corrected chi connectivity index (χ4v) is 4.66. The number of hydrogen-bond acceptors (Lipinski definition) is 4. The van der Waals surface area contributed by atoms with Crippen LogP contribution in [0.4, 0.5) is 11.4 Å². The Bertz CT molecular complexity index is 1010. The molecule has 2 heterocycles. The smallest absolute Gasteiger partial charge is 0.257 e. The van der Waals surface area contributed by atoms with Crippen LogP contribution in [0.5, 0.6) is 0 Å². The van der Waals surface area contributed by atoms with Gasteiger partial charge in [0.05, 0.1) is 22.5 Å². The molecule has 2 aliphatic heterocycles. The summed E-state index contributed by atoms with van der Waals surface area (Å²) in [7, 11) is 0. The molecule has 4 rings (SSSR count). The number of benzene rings is 2. The molecule has 0 aromatic heterocycles. The molecule has 0 unspecified atom stereocenters. The van der Waals surface area contributed by atoms with E-state index in [1.807, 2.05) is 6.07 Å². The van der Waals surface area contributed by atoms with Gasteiger partial charge < -0.3 is 20.4 Å². The lowest BCUT2D eigenvalue weighted by molar-refractivity contribution is -0.117. The Morgan fingerprint density at radius 1 is 0.939 bits per heavy atom. The Labute approximate surface area is 195 Å². The SMILES string of the molecule is CCCN1CCC(NC(=O)c2ccccc2NC(=O)c2ccccc2N2CCCC2=O)CC1. The molecule has 2 saturated heterocycles. The average Bonchev–Trinajstić information content (AvgIpc) is 3.26. The highest BCUT2D eigenvalue weighted by Crippen LogP contribution is 2.27. The zero-order chi connectivity index (χ0) is 23.2. The van der Waals surface area contributed by atoms with Gasteiger partial charge in [0.1, 0.15) is 0 Å². The second-order valence-electron chi connectivity index (χ2n) is 8.76. The zero-order valence-electron chi connectivity index (χ0n) is 19.2. The van der Waals surface area contributed by atoms with Crippen molar-refractivity contribution in [1.82, 2.24) is 10.2 Å². The first-order valence-corrected chi connectivity index (χ1v) is 11.9. The number of piperidine rings is 1. The Hall–Kier alpha value is -3.19. The van der Waals surface area contributed by atoms with E-state index in [2.05, 4.69) is 22.5 Å². The summed E-state index contributed by atoms with van der Waals surface area (Å²) in [4.78, 5) is 42.6. The van der Waals surface area contributed by atoms with Gasteiger partial charge in [-0.25, -0.2) is 0 Å². The predicted molar refractivity (Wildman–Crippen MR) is 130 cm³/mol. The summed E-state index contributed by atoms with van der Waals surface area (Å²) < 4.78 is 0. The lowest BCUT2D eigenvalue weighted by Gasteiger charge is -2.32. The predicted octanol–water partition coefficient (Wildman–Crippen LogP) is 3.67. The Morgan fingerprint density at radius 3 is 2.33 bits per heavy atom. The molecule has 2 aromatic rings. The minimum atomic E-state index is -0.335. The second-order valence-corrected chi connectivity index (χ2v) is 8.76. The molecule has 33 heavy (non-hydrogen) atoms. The van der Waals surface area contributed by atoms with Crippen molar-refractivity contribution in [2.75, 3.05) is 36.4 Å². The van der Waals surface area contributed by atoms with Crippen LogP contribution in [0.25, 0.3) is 0 Å². The summed E-state index contributed by atoms with van der Waals surface area (Å²) in [6.07, 6.45) is 4.28. The van der Waals surface area contributed by atoms with Crippen LogP contribution in [0.2, 0.25) is 0 Å². The molecule has 2 fully saturated rings. The molecule has 0 atom stereocenters. The van der Waals surface area contributed by atoms with E-state index in [9.17, 15) is 14.4 Å². The summed E-state index contributed by atoms with van der Waals surface area (Å²) in [5, 5.41) is 6.04. The Morgan fingerprint density at radius 2 is 1.64 bits per heavy atom. The Kier molecular flexibility index (Phi) is 7.40. The third-order valence-electron chi connectivity index (χ3n) is 6.40. The first-order chi connectivity index (χ1) is 16.1. The largest absolute Gasteiger partial charge is 0.349 e. The van der Waals surface area contributed by atoms with Gasteiger partial charge in [0.2, 0.25) is 5.91 Å². The first-order valence-electron chi connectivity index (χ1n) is 11.9. The first kappa shape index (κ1) is 23.0. The van der Waals surface area contributed by atoms with E-state index in [4.69, 9.17) is 0 Å². The number of amides is 3. The molecular formula is C26H32N4O3. The summed E-state index contributed by atoms with van der Waals surface area (Å²) in [6, 6.07) is 14.3. The van der Waals surface area contributed by atoms with Crippen molar-refractivity contribution in [3.63, 3.8) is 0 Å². The topological polar surface area (TPSA) is 81.8 Å². The molecular weight excluding hydrogens is 416 g/mol. The highest BCUT2D eigenvalue weighted by molar-refractivity contribution is 6.13. The lowest BCUT2D eigenvalue weighted by atomic mass is 10.0. The van der Waals surface area contributed by atoms with Gasteiger partial charge in [-0.3, -0.25) is 14.4 Å². The number of carbonyl (C=O) groups is 3. The van der Waals surface area contributed by atoms with Crippen LogP contribution in [0.15, 0.2) is 48.5 Å². The number of hydrogen-bond donors (Lipinski definition) is 2. The molecule has 7 nitrogen and oxygen atoms in total. The van der Waals surface area contributed by atoms with Crippen LogP contribution in [0, 0.1) is 0 Å². The molecule has 0 radical (unpaired) electrons. The van der Waals surface area contributed by atoms with E-state index < -0.39 is 0 Å². The van der Waals surface area contributed by atoms with Gasteiger partial charge in [-0.05, 0) is 56.5 Å². The molecule has 0 bridgehead atoms. The fraction of sp³-hybridized carbons (Fsp3) is 0.423. The van der Waals surface area contributed by atoms with Crippen LogP contribution in [0.1, 0.15) is 59.7 Å². The van der Waals surface area contributed by atoms with E-state index in [0.717, 1.165) is 45.3 Å². The van der Waals surface area contributed by atoms with Crippen LogP contribution in [0.3, 0.4) is 0 Å². The minimum Gasteiger partial charge on any atom is -0.349 e. The molecule has 0 spiro atoms. The second kappa shape index (κ2) is 10.6. The van der Waals surface area contributed by atoms with Crippen LogP contribution < -0.4 is 15.5 Å². The quantitative estimate of drug-likeness (QED) is 0.677. The van der Waals surface area contributed by atoms with Crippen molar-refractivity contribution in [3.05, 3.63) is 59.7 Å². The van der Waals surface area contributed by atoms with Crippen LogP contribution in [-0.4, -0.2) is 54.8 Å². The molecule has 0 saturated carbocycles. The average molecular weight is 449 g/mol. The van der Waals surface area contributed by atoms with E-state index in [0.29, 0.717) is 35.5 Å². The maximum absolute atomic E-state index is 13.2. The Balaban J connectivity index is 1.46. The zero-order valence-corrected chi connectivity index (χ0v) is 19.2. The molecule has 2 aliphatic rings. The maximum Gasteiger partial charge on any atom is 0.257 e. The summed E-state index contributed by atoms with van der Waals surface area (Å²) >= 11 is 0. The maximum atomic E-state index is 13.2. The lowest BCUT2D eigenvalue weighted by Crippen LogP contribution is -2.44. The van der Waals surface area contributed by atoms with Crippen molar-refractivity contribution in [2.24, 2.45) is 0 Å². The van der Waals surface area contributed by atoms with Crippen molar-refractivity contribution in [3.8, 4) is 0 Å². The normalized spacial score (nSPS) is 17.2. The van der Waals surface area contributed by atoms with Gasteiger partial charge in [0, 0.05) is 32.1 Å². The molecule has 7 heteroatoms. The monoisotopic (exact) mass is 448 g/mol. The number of likely N-dealkylation sites (tertiary alicyclic amines) is 1. The molecule has 2 aromatic carbocycles. The standard InChI is InChI=1S/C26H32N4O3/c1-2-15-29-17-13-19(14-18-29)27-25(32)20-8-3-5-10-22(20)28-26(33)21-9-4-6-11-23(21)30-16-7-12-24(30)31/h3-6,8-11,19H,2,7,12-18H2,1H3,(H,27,32)(H,28,33). The number of nitrogens with zero attached hydrogens (tertiary/aromatic N) is 2. The molecule has 3 amide bonds. The molecule has 174 valence electrons. The third kappa shape index (κ3) is 5.42. The molecule has 0 aliphatic carbocycles. The van der Waals surface area contributed by atoms with Gasteiger partial charge in [-0.1, -0.05) is 31.2 Å². The number of nitrogens with one attached hydrogen (secondary N) is 2. The van der Waals surface area contributed by atoms with E-state index in [1.165, 1.54) is 0 Å². The van der Waals surface area contributed by atoms with Crippen molar-refractivity contribution >= 4 is 29.1 Å². The van der Waals surface area contributed by atoms with Crippen LogP contribution in [-0.2, 0) is 4.79 Å². The number of anilines is 2. The van der Waals surface area contributed by atoms with E-state index >= 15 is 0 Å². The van der Waals surface area contributed by atoms with Crippen molar-refractivity contribution in [2.45, 2.75) is 45.1 Å². The van der Waals surface area contributed by atoms with Crippen molar-refractivity contribution in [1.29, 1.82) is 0 Å². The summed E-state index contributed by atoms with van der Waals surface area (Å²) in [5.41, 5.74) is 1.94. The van der Waals surface area contributed by atoms with E-state index in [1.54, 1.807) is 47.4 Å². The highest BCUT2D eigenvalue weighted by atomic mass is 16.2. The van der Waals surface area contributed by atoms with Gasteiger partial charge in [-0.2, -0.15) is 0 Å². The third-order valence-corrected chi connectivity index (χ3v) is 6.40. The number of carbonyl (C=O) groups excluding carboxylic acids is 3. The van der Waals surface area contributed by atoms with Gasteiger partial charge in [0.25, 0.3) is 11.8 Å². The highest BCUT2D eigenvalue weighted by Gasteiger charge is 2.26. The van der Waals surface area contributed by atoms with Gasteiger partial charge in [0.15, 0.2) is 0 Å². The summed E-state index contributed by atoms with van der Waals surface area (Å²) in [6.45, 7) is 5.87. The van der Waals surface area contributed by atoms with Crippen molar-refractivity contribution < 1.29 is 14.4 Å². The van der Waals surface area contributed by atoms with E-state index in [-0.39, 0.29) is 23.8 Å². The fourth-order valence-electron chi connectivity index (χ4n) is 4.66. The van der Waals surface area contributed by atoms with Crippen LogP contribution >= 0.6 is 0 Å². The van der Waals surface area contributed by atoms with Gasteiger partial charge >= 0.3 is 0 Å². The molecule has 2 N–H and O–H groups in total.